The van der Waals surface area contributed by atoms with Gasteiger partial charge in [0.05, 0.1) is 5.39 Å². The second-order valence-corrected chi connectivity index (χ2v) is 6.01. The van der Waals surface area contributed by atoms with Gasteiger partial charge in [0.15, 0.2) is 5.82 Å². The van der Waals surface area contributed by atoms with E-state index in [9.17, 15) is 0 Å². The maximum atomic E-state index is 5.60. The Labute approximate surface area is 127 Å². The molecule has 0 aromatic carbocycles. The summed E-state index contributed by atoms with van der Waals surface area (Å²) in [5.41, 5.74) is 7.80. The van der Waals surface area contributed by atoms with Gasteiger partial charge in [-0.3, -0.25) is 4.98 Å². The summed E-state index contributed by atoms with van der Waals surface area (Å²) in [6.07, 6.45) is 3.50. The summed E-state index contributed by atoms with van der Waals surface area (Å²) in [7, 11) is 0. The molecule has 6 heteroatoms. The van der Waals surface area contributed by atoms with E-state index in [2.05, 4.69) is 29.1 Å². The molecule has 0 saturated carbocycles. The van der Waals surface area contributed by atoms with Crippen LogP contribution in [0.3, 0.4) is 0 Å². The zero-order valence-corrected chi connectivity index (χ0v) is 12.9. The molecule has 5 nitrogen and oxygen atoms in total. The fourth-order valence-corrected chi connectivity index (χ4v) is 3.23. The third kappa shape index (κ3) is 2.59. The standard InChI is InChI=1S/C15H17N5S/c1-9-10(2)21-15-12(9)14(18-8-5-16)19-13(20-15)11-3-6-17-7-4-11/h3-4,6-7H,5,8,16H2,1-2H3,(H,18,19,20). The van der Waals surface area contributed by atoms with Crippen LogP contribution < -0.4 is 11.1 Å². The van der Waals surface area contributed by atoms with Crippen LogP contribution in [0.1, 0.15) is 10.4 Å². The Morgan fingerprint density at radius 3 is 2.67 bits per heavy atom. The summed E-state index contributed by atoms with van der Waals surface area (Å²) in [5.74, 6) is 1.57. The predicted molar refractivity (Wildman–Crippen MR) is 87.7 cm³/mol. The van der Waals surface area contributed by atoms with Crippen molar-refractivity contribution in [3.8, 4) is 11.4 Å². The molecule has 0 unspecified atom stereocenters. The van der Waals surface area contributed by atoms with Crippen molar-refractivity contribution >= 4 is 27.4 Å². The van der Waals surface area contributed by atoms with Gasteiger partial charge in [-0.25, -0.2) is 9.97 Å². The maximum Gasteiger partial charge on any atom is 0.163 e. The number of hydrogen-bond donors (Lipinski definition) is 2. The first-order valence-electron chi connectivity index (χ1n) is 6.82. The molecule has 21 heavy (non-hydrogen) atoms. The Hall–Kier alpha value is -2.05. The molecule has 3 N–H and O–H groups in total. The Balaban J connectivity index is 2.20. The minimum absolute atomic E-state index is 0.568. The van der Waals surface area contributed by atoms with Crippen LogP contribution >= 0.6 is 11.3 Å². The summed E-state index contributed by atoms with van der Waals surface area (Å²) < 4.78 is 0. The lowest BCUT2D eigenvalue weighted by molar-refractivity contribution is 1.01. The Morgan fingerprint density at radius 1 is 1.19 bits per heavy atom. The van der Waals surface area contributed by atoms with Gasteiger partial charge in [-0.15, -0.1) is 11.3 Å². The summed E-state index contributed by atoms with van der Waals surface area (Å²) in [4.78, 5) is 15.7. The van der Waals surface area contributed by atoms with Crippen LogP contribution in [-0.2, 0) is 0 Å². The van der Waals surface area contributed by atoms with Crippen LogP contribution in [0, 0.1) is 13.8 Å². The number of aryl methyl sites for hydroxylation is 2. The number of nitrogens with zero attached hydrogens (tertiary/aromatic N) is 3. The first kappa shape index (κ1) is 13.9. The molecule has 3 aromatic rings. The van der Waals surface area contributed by atoms with Crippen molar-refractivity contribution < 1.29 is 0 Å². The second-order valence-electron chi connectivity index (χ2n) is 4.81. The van der Waals surface area contributed by atoms with Crippen molar-refractivity contribution in [2.45, 2.75) is 13.8 Å². The van der Waals surface area contributed by atoms with Crippen molar-refractivity contribution in [1.82, 2.24) is 15.0 Å². The second kappa shape index (κ2) is 5.75. The van der Waals surface area contributed by atoms with E-state index < -0.39 is 0 Å². The molecule has 3 rings (SSSR count). The average Bonchev–Trinajstić information content (AvgIpc) is 2.80. The van der Waals surface area contributed by atoms with E-state index in [1.54, 1.807) is 23.7 Å². The largest absolute Gasteiger partial charge is 0.368 e. The van der Waals surface area contributed by atoms with E-state index in [1.165, 1.54) is 10.4 Å². The molecule has 3 heterocycles. The van der Waals surface area contributed by atoms with Gasteiger partial charge in [0.25, 0.3) is 0 Å². The molecular formula is C15H17N5S. The summed E-state index contributed by atoms with van der Waals surface area (Å²) in [5, 5.41) is 4.42. The van der Waals surface area contributed by atoms with E-state index in [1.807, 2.05) is 12.1 Å². The lowest BCUT2D eigenvalue weighted by Crippen LogP contribution is -2.14. The molecule has 0 aliphatic carbocycles. The van der Waals surface area contributed by atoms with Crippen molar-refractivity contribution in [3.05, 3.63) is 35.0 Å². The van der Waals surface area contributed by atoms with Gasteiger partial charge in [0.2, 0.25) is 0 Å². The van der Waals surface area contributed by atoms with Crippen molar-refractivity contribution in [2.75, 3.05) is 18.4 Å². The third-order valence-electron chi connectivity index (χ3n) is 3.40. The number of nitrogens with two attached hydrogens (primary N) is 1. The summed E-state index contributed by atoms with van der Waals surface area (Å²) >= 11 is 1.70. The average molecular weight is 299 g/mol. The van der Waals surface area contributed by atoms with Crippen LogP contribution in [-0.4, -0.2) is 28.0 Å². The van der Waals surface area contributed by atoms with Gasteiger partial charge in [-0.2, -0.15) is 0 Å². The summed E-state index contributed by atoms with van der Waals surface area (Å²) in [6.45, 7) is 5.48. The number of nitrogens with one attached hydrogen (secondary N) is 1. The molecule has 0 atom stereocenters. The molecule has 0 bridgehead atoms. The normalized spacial score (nSPS) is 11.0. The SMILES string of the molecule is Cc1sc2nc(-c3ccncc3)nc(NCCN)c2c1C. The molecule has 0 aliphatic rings. The zero-order chi connectivity index (χ0) is 14.8. The summed E-state index contributed by atoms with van der Waals surface area (Å²) in [6, 6.07) is 3.84. The van der Waals surface area contributed by atoms with Gasteiger partial charge < -0.3 is 11.1 Å². The molecule has 0 fully saturated rings. The number of pyridine rings is 1. The molecule has 0 amide bonds. The number of hydrogen-bond acceptors (Lipinski definition) is 6. The monoisotopic (exact) mass is 299 g/mol. The van der Waals surface area contributed by atoms with E-state index in [0.717, 1.165) is 21.6 Å². The number of thiophene rings is 1. The minimum atomic E-state index is 0.568. The van der Waals surface area contributed by atoms with Crippen LogP contribution in [0.2, 0.25) is 0 Å². The van der Waals surface area contributed by atoms with E-state index in [0.29, 0.717) is 18.9 Å². The van der Waals surface area contributed by atoms with Crippen LogP contribution in [0.5, 0.6) is 0 Å². The molecule has 108 valence electrons. The predicted octanol–water partition coefficient (Wildman–Crippen LogP) is 2.74. The first-order chi connectivity index (χ1) is 10.2. The fraction of sp³-hybridized carbons (Fsp3) is 0.267. The highest BCUT2D eigenvalue weighted by Crippen LogP contribution is 2.34. The van der Waals surface area contributed by atoms with Crippen LogP contribution in [0.4, 0.5) is 5.82 Å². The highest BCUT2D eigenvalue weighted by Gasteiger charge is 2.15. The number of rotatable bonds is 4. The van der Waals surface area contributed by atoms with E-state index in [4.69, 9.17) is 10.7 Å². The molecular weight excluding hydrogens is 282 g/mol. The lowest BCUT2D eigenvalue weighted by Gasteiger charge is -2.08. The Kier molecular flexibility index (Phi) is 3.81. The van der Waals surface area contributed by atoms with Crippen molar-refractivity contribution in [3.63, 3.8) is 0 Å². The van der Waals surface area contributed by atoms with Crippen molar-refractivity contribution in [1.29, 1.82) is 0 Å². The molecule has 0 spiro atoms. The highest BCUT2D eigenvalue weighted by atomic mass is 32.1. The number of anilines is 1. The quantitative estimate of drug-likeness (QED) is 0.774. The van der Waals surface area contributed by atoms with Crippen LogP contribution in [0.25, 0.3) is 21.6 Å². The smallest absolute Gasteiger partial charge is 0.163 e. The lowest BCUT2D eigenvalue weighted by atomic mass is 10.2. The first-order valence-corrected chi connectivity index (χ1v) is 7.64. The van der Waals surface area contributed by atoms with Crippen LogP contribution in [0.15, 0.2) is 24.5 Å². The topological polar surface area (TPSA) is 76.7 Å². The third-order valence-corrected chi connectivity index (χ3v) is 4.51. The van der Waals surface area contributed by atoms with Gasteiger partial charge in [-0.1, -0.05) is 0 Å². The number of fused-ring (bicyclic) bond motifs is 1. The minimum Gasteiger partial charge on any atom is -0.368 e. The fourth-order valence-electron chi connectivity index (χ4n) is 2.20. The van der Waals surface area contributed by atoms with E-state index in [-0.39, 0.29) is 0 Å². The van der Waals surface area contributed by atoms with E-state index >= 15 is 0 Å². The zero-order valence-electron chi connectivity index (χ0n) is 12.1. The molecule has 3 aromatic heterocycles. The van der Waals surface area contributed by atoms with Crippen molar-refractivity contribution in [2.24, 2.45) is 5.73 Å². The van der Waals surface area contributed by atoms with Gasteiger partial charge in [0.1, 0.15) is 10.6 Å². The van der Waals surface area contributed by atoms with Gasteiger partial charge >= 0.3 is 0 Å². The Bertz CT molecular complexity index is 767. The van der Waals surface area contributed by atoms with Gasteiger partial charge in [-0.05, 0) is 31.5 Å². The van der Waals surface area contributed by atoms with Gasteiger partial charge in [0, 0.05) is 35.9 Å². The number of aromatic nitrogens is 3. The molecule has 0 radical (unpaired) electrons. The Morgan fingerprint density at radius 2 is 1.95 bits per heavy atom. The molecule has 0 aliphatic heterocycles. The molecule has 0 saturated heterocycles. The highest BCUT2D eigenvalue weighted by molar-refractivity contribution is 7.18. The maximum absolute atomic E-state index is 5.60.